The summed E-state index contributed by atoms with van der Waals surface area (Å²) in [5.74, 6) is 0.785. The molecule has 1 aromatic heterocycles. The van der Waals surface area contributed by atoms with Gasteiger partial charge in [-0.25, -0.2) is 9.78 Å². The summed E-state index contributed by atoms with van der Waals surface area (Å²) in [6, 6.07) is 0. The van der Waals surface area contributed by atoms with E-state index in [0.717, 1.165) is 0 Å². The zero-order valence-electron chi connectivity index (χ0n) is 18.6. The monoisotopic (exact) mass is 406 g/mol. The lowest BCUT2D eigenvalue weighted by Crippen LogP contribution is -2.44. The van der Waals surface area contributed by atoms with Crippen molar-refractivity contribution in [2.24, 2.45) is 0 Å². The van der Waals surface area contributed by atoms with E-state index in [1.807, 2.05) is 55.4 Å². The molecule has 0 aliphatic carbocycles. The number of aromatic nitrogens is 1. The van der Waals surface area contributed by atoms with Crippen LogP contribution in [0.5, 0.6) is 11.6 Å². The highest BCUT2D eigenvalue weighted by Crippen LogP contribution is 2.41. The molecule has 0 bridgehead atoms. The molecule has 8 nitrogen and oxygen atoms in total. The van der Waals surface area contributed by atoms with E-state index < -0.39 is 30.0 Å². The lowest BCUT2D eigenvalue weighted by molar-refractivity contribution is 0.00578. The van der Waals surface area contributed by atoms with Crippen molar-refractivity contribution in [3.63, 3.8) is 0 Å². The Morgan fingerprint density at radius 2 is 1.86 bits per heavy atom. The van der Waals surface area contributed by atoms with Gasteiger partial charge in [0.05, 0.1) is 24.4 Å². The fourth-order valence-corrected chi connectivity index (χ4v) is 3.10. The van der Waals surface area contributed by atoms with Crippen LogP contribution in [-0.2, 0) is 14.0 Å². The molecule has 9 heteroatoms. The van der Waals surface area contributed by atoms with Gasteiger partial charge in [-0.1, -0.05) is 0 Å². The Hall–Kier alpha value is -2.00. The number of rotatable bonds is 3. The standard InChI is InChI=1S/C20H31BN2O6/c1-9-25-15-13(21-28-19(5,6)20(7,8)29-21)12-22-16-14(15)23(10-11-26-16)17(24)27-18(2,3)4/h12H,9-11H2,1-8H3. The van der Waals surface area contributed by atoms with Gasteiger partial charge in [0.1, 0.15) is 18.0 Å². The molecule has 160 valence electrons. The van der Waals surface area contributed by atoms with E-state index >= 15 is 0 Å². The first-order valence-electron chi connectivity index (χ1n) is 10.0. The number of amides is 1. The third-order valence-electron chi connectivity index (χ3n) is 5.23. The molecular weight excluding hydrogens is 375 g/mol. The van der Waals surface area contributed by atoms with Gasteiger partial charge in [0.25, 0.3) is 0 Å². The van der Waals surface area contributed by atoms with E-state index in [2.05, 4.69) is 4.98 Å². The van der Waals surface area contributed by atoms with E-state index in [1.54, 1.807) is 6.20 Å². The number of carbonyl (C=O) groups excluding carboxylic acids is 1. The Balaban J connectivity index is 2.06. The van der Waals surface area contributed by atoms with Crippen LogP contribution >= 0.6 is 0 Å². The summed E-state index contributed by atoms with van der Waals surface area (Å²) in [6.07, 6.45) is 1.15. The SMILES string of the molecule is CCOc1c(B2OC(C)(C)C(C)(C)O2)cnc2c1N(C(=O)OC(C)(C)C)CCO2. The Labute approximate surface area is 172 Å². The summed E-state index contributed by atoms with van der Waals surface area (Å²) in [6.45, 7) is 16.3. The minimum Gasteiger partial charge on any atom is -0.492 e. The number of hydrogen-bond acceptors (Lipinski definition) is 7. The second-order valence-corrected chi connectivity index (χ2v) is 9.20. The highest BCUT2D eigenvalue weighted by Gasteiger charge is 2.53. The summed E-state index contributed by atoms with van der Waals surface area (Å²) in [4.78, 5) is 18.8. The van der Waals surface area contributed by atoms with Gasteiger partial charge in [-0.15, -0.1) is 0 Å². The molecule has 1 saturated heterocycles. The molecule has 2 aliphatic heterocycles. The zero-order valence-corrected chi connectivity index (χ0v) is 18.6. The number of pyridine rings is 1. The van der Waals surface area contributed by atoms with Gasteiger partial charge in [0.2, 0.25) is 5.88 Å². The van der Waals surface area contributed by atoms with E-state index in [9.17, 15) is 4.79 Å². The highest BCUT2D eigenvalue weighted by molar-refractivity contribution is 6.63. The predicted octanol–water partition coefficient (Wildman–Crippen LogP) is 2.91. The first-order chi connectivity index (χ1) is 13.4. The van der Waals surface area contributed by atoms with Crippen molar-refractivity contribution in [1.29, 1.82) is 0 Å². The van der Waals surface area contributed by atoms with Crippen LogP contribution in [0.15, 0.2) is 6.20 Å². The third kappa shape index (κ3) is 4.16. The van der Waals surface area contributed by atoms with Crippen molar-refractivity contribution in [2.45, 2.75) is 72.2 Å². The molecule has 29 heavy (non-hydrogen) atoms. The van der Waals surface area contributed by atoms with Crippen LogP contribution in [-0.4, -0.2) is 54.8 Å². The van der Waals surface area contributed by atoms with Crippen molar-refractivity contribution in [3.8, 4) is 11.6 Å². The summed E-state index contributed by atoms with van der Waals surface area (Å²) in [5, 5.41) is 0. The number of fused-ring (bicyclic) bond motifs is 1. The second-order valence-electron chi connectivity index (χ2n) is 9.20. The lowest BCUT2D eigenvalue weighted by Gasteiger charge is -2.32. The zero-order chi connectivity index (χ0) is 21.6. The molecule has 0 saturated carbocycles. The molecule has 0 aromatic carbocycles. The Morgan fingerprint density at radius 3 is 2.41 bits per heavy atom. The minimum atomic E-state index is -0.679. The lowest BCUT2D eigenvalue weighted by atomic mass is 9.79. The Bertz CT molecular complexity index is 774. The number of carbonyl (C=O) groups is 1. The molecule has 3 heterocycles. The maximum absolute atomic E-state index is 12.9. The quantitative estimate of drug-likeness (QED) is 0.715. The summed E-state index contributed by atoms with van der Waals surface area (Å²) >= 11 is 0. The Morgan fingerprint density at radius 1 is 1.24 bits per heavy atom. The van der Waals surface area contributed by atoms with E-state index in [0.29, 0.717) is 42.5 Å². The van der Waals surface area contributed by atoms with Gasteiger partial charge in [0, 0.05) is 11.7 Å². The fourth-order valence-electron chi connectivity index (χ4n) is 3.10. The normalized spacial score (nSPS) is 20.1. The van der Waals surface area contributed by atoms with E-state index in [4.69, 9.17) is 23.5 Å². The van der Waals surface area contributed by atoms with Crippen LogP contribution in [0, 0.1) is 0 Å². The fraction of sp³-hybridized carbons (Fsp3) is 0.700. The van der Waals surface area contributed by atoms with Crippen molar-refractivity contribution >= 4 is 24.4 Å². The average molecular weight is 406 g/mol. The molecule has 2 aliphatic rings. The van der Waals surface area contributed by atoms with Gasteiger partial charge in [-0.3, -0.25) is 4.90 Å². The maximum Gasteiger partial charge on any atom is 0.500 e. The second kappa shape index (κ2) is 7.36. The van der Waals surface area contributed by atoms with Crippen LogP contribution in [0.3, 0.4) is 0 Å². The van der Waals surface area contributed by atoms with Gasteiger partial charge in [0.15, 0.2) is 5.69 Å². The van der Waals surface area contributed by atoms with Gasteiger partial charge in [-0.05, 0) is 55.4 Å². The van der Waals surface area contributed by atoms with Crippen LogP contribution in [0.25, 0.3) is 0 Å². The number of ether oxygens (including phenoxy) is 3. The average Bonchev–Trinajstić information content (AvgIpc) is 2.80. The molecule has 1 fully saturated rings. The molecule has 1 amide bonds. The molecular formula is C20H31BN2O6. The van der Waals surface area contributed by atoms with Crippen molar-refractivity contribution < 1.29 is 28.3 Å². The van der Waals surface area contributed by atoms with Gasteiger partial charge < -0.3 is 23.5 Å². The molecule has 3 rings (SSSR count). The number of nitrogens with zero attached hydrogens (tertiary/aromatic N) is 2. The molecule has 0 N–H and O–H groups in total. The molecule has 0 atom stereocenters. The van der Waals surface area contributed by atoms with Gasteiger partial charge in [-0.2, -0.15) is 0 Å². The maximum atomic E-state index is 12.9. The molecule has 0 spiro atoms. The van der Waals surface area contributed by atoms with Crippen molar-refractivity contribution in [1.82, 2.24) is 4.98 Å². The van der Waals surface area contributed by atoms with Crippen LogP contribution < -0.4 is 19.8 Å². The van der Waals surface area contributed by atoms with Crippen LogP contribution in [0.4, 0.5) is 10.5 Å². The first kappa shape index (κ1) is 21.7. The number of anilines is 1. The largest absolute Gasteiger partial charge is 0.500 e. The van der Waals surface area contributed by atoms with Crippen LogP contribution in [0.1, 0.15) is 55.4 Å². The predicted molar refractivity (Wildman–Crippen MR) is 110 cm³/mol. The smallest absolute Gasteiger partial charge is 0.492 e. The van der Waals surface area contributed by atoms with E-state index in [1.165, 1.54) is 4.90 Å². The third-order valence-corrected chi connectivity index (χ3v) is 5.23. The molecule has 0 radical (unpaired) electrons. The molecule has 1 aromatic rings. The summed E-state index contributed by atoms with van der Waals surface area (Å²) in [7, 11) is -0.679. The summed E-state index contributed by atoms with van der Waals surface area (Å²) in [5.41, 5.74) is -0.600. The van der Waals surface area contributed by atoms with Crippen molar-refractivity contribution in [2.75, 3.05) is 24.7 Å². The first-order valence-corrected chi connectivity index (χ1v) is 10.0. The number of hydrogen-bond donors (Lipinski definition) is 0. The topological polar surface area (TPSA) is 79.4 Å². The molecule has 0 unspecified atom stereocenters. The summed E-state index contributed by atoms with van der Waals surface area (Å²) < 4.78 is 29.6. The highest BCUT2D eigenvalue weighted by atomic mass is 16.7. The Kier molecular flexibility index (Phi) is 5.51. The minimum absolute atomic E-state index is 0.320. The van der Waals surface area contributed by atoms with E-state index in [-0.39, 0.29) is 0 Å². The van der Waals surface area contributed by atoms with Crippen molar-refractivity contribution in [3.05, 3.63) is 6.20 Å². The van der Waals surface area contributed by atoms with Gasteiger partial charge >= 0.3 is 13.2 Å². The van der Waals surface area contributed by atoms with Crippen LogP contribution in [0.2, 0.25) is 0 Å².